The fourth-order valence-electron chi connectivity index (χ4n) is 4.41. The molecule has 0 radical (unpaired) electrons. The molecule has 6 nitrogen and oxygen atoms in total. The van der Waals surface area contributed by atoms with E-state index in [0.29, 0.717) is 6.04 Å². The van der Waals surface area contributed by atoms with Crippen LogP contribution in [0, 0.1) is 0 Å². The van der Waals surface area contributed by atoms with Crippen LogP contribution in [0.25, 0.3) is 0 Å². The Morgan fingerprint density at radius 1 is 1.10 bits per heavy atom. The summed E-state index contributed by atoms with van der Waals surface area (Å²) < 4.78 is 5.66. The van der Waals surface area contributed by atoms with E-state index in [9.17, 15) is 0 Å². The number of benzene rings is 1. The van der Waals surface area contributed by atoms with Gasteiger partial charge < -0.3 is 25.6 Å². The molecular weight excluding hydrogens is 489 g/mol. The summed E-state index contributed by atoms with van der Waals surface area (Å²) in [5.41, 5.74) is 1.33. The third-order valence-electron chi connectivity index (χ3n) is 6.26. The number of nitrogens with one attached hydrogen (secondary N) is 3. The molecule has 170 valence electrons. The zero-order valence-corrected chi connectivity index (χ0v) is 21.0. The third-order valence-corrected chi connectivity index (χ3v) is 6.26. The smallest absolute Gasteiger partial charge is 0.191 e. The van der Waals surface area contributed by atoms with Crippen LogP contribution >= 0.6 is 24.0 Å². The molecule has 2 aliphatic rings. The molecule has 0 spiro atoms. The Kier molecular flexibility index (Phi) is 11.4. The lowest BCUT2D eigenvalue weighted by molar-refractivity contribution is 0.0355. The Morgan fingerprint density at radius 2 is 1.80 bits per heavy atom. The molecule has 2 saturated heterocycles. The van der Waals surface area contributed by atoms with E-state index in [4.69, 9.17) is 4.74 Å². The summed E-state index contributed by atoms with van der Waals surface area (Å²) >= 11 is 0. The minimum Gasteiger partial charge on any atom is -0.381 e. The van der Waals surface area contributed by atoms with Crippen LogP contribution in [0.15, 0.2) is 35.3 Å². The first-order valence-corrected chi connectivity index (χ1v) is 11.3. The van der Waals surface area contributed by atoms with Crippen LogP contribution < -0.4 is 16.0 Å². The molecule has 0 amide bonds. The van der Waals surface area contributed by atoms with E-state index in [-0.39, 0.29) is 29.5 Å². The second-order valence-corrected chi connectivity index (χ2v) is 8.42. The molecule has 2 aliphatic heterocycles. The van der Waals surface area contributed by atoms with Gasteiger partial charge in [-0.25, -0.2) is 0 Å². The van der Waals surface area contributed by atoms with Gasteiger partial charge in [-0.1, -0.05) is 36.8 Å². The predicted octanol–water partition coefficient (Wildman–Crippen LogP) is 3.16. The van der Waals surface area contributed by atoms with Gasteiger partial charge in [0.25, 0.3) is 0 Å². The lowest BCUT2D eigenvalue weighted by Gasteiger charge is -2.41. The highest BCUT2D eigenvalue weighted by Gasteiger charge is 2.34. The van der Waals surface area contributed by atoms with Gasteiger partial charge in [0.1, 0.15) is 0 Å². The number of likely N-dealkylation sites (tertiary alicyclic amines) is 1. The Bertz CT molecular complexity index is 615. The molecule has 1 atom stereocenters. The van der Waals surface area contributed by atoms with Gasteiger partial charge in [-0.15, -0.1) is 24.0 Å². The van der Waals surface area contributed by atoms with Crippen LogP contribution in [0.4, 0.5) is 0 Å². The Hall–Kier alpha value is -0.900. The highest BCUT2D eigenvalue weighted by atomic mass is 127. The maximum Gasteiger partial charge on any atom is 0.191 e. The highest BCUT2D eigenvalue weighted by Crippen LogP contribution is 2.25. The summed E-state index contributed by atoms with van der Waals surface area (Å²) in [5.74, 6) is 0.891. The number of guanidine groups is 1. The summed E-state index contributed by atoms with van der Waals surface area (Å²) in [6, 6.07) is 11.0. The SMILES string of the molecule is CN=C(NCCN1CCCCC1)NCC1(NC(C)c2ccccc2)CCOCC1.I. The van der Waals surface area contributed by atoms with Gasteiger partial charge in [0, 0.05) is 51.5 Å². The molecule has 3 rings (SSSR count). The van der Waals surface area contributed by atoms with Crippen LogP contribution in [0.3, 0.4) is 0 Å². The molecule has 30 heavy (non-hydrogen) atoms. The first-order valence-electron chi connectivity index (χ1n) is 11.3. The van der Waals surface area contributed by atoms with Crippen LogP contribution in [0.5, 0.6) is 0 Å². The van der Waals surface area contributed by atoms with Gasteiger partial charge in [-0.2, -0.15) is 0 Å². The fourth-order valence-corrected chi connectivity index (χ4v) is 4.41. The van der Waals surface area contributed by atoms with Crippen LogP contribution in [0.1, 0.15) is 50.6 Å². The second-order valence-electron chi connectivity index (χ2n) is 8.42. The van der Waals surface area contributed by atoms with Crippen LogP contribution in [0.2, 0.25) is 0 Å². The average molecular weight is 530 g/mol. The zero-order chi connectivity index (χ0) is 20.4. The molecule has 0 aromatic heterocycles. The highest BCUT2D eigenvalue weighted by molar-refractivity contribution is 14.0. The maximum absolute atomic E-state index is 5.66. The number of ether oxygens (including phenoxy) is 1. The maximum atomic E-state index is 5.66. The van der Waals surface area contributed by atoms with E-state index < -0.39 is 0 Å². The molecular formula is C23H40IN5O. The lowest BCUT2D eigenvalue weighted by Crippen LogP contribution is -2.58. The molecule has 7 heteroatoms. The van der Waals surface area contributed by atoms with Crippen molar-refractivity contribution in [3.05, 3.63) is 35.9 Å². The monoisotopic (exact) mass is 529 g/mol. The van der Waals surface area contributed by atoms with Crippen molar-refractivity contribution in [3.63, 3.8) is 0 Å². The summed E-state index contributed by atoms with van der Waals surface area (Å²) in [5, 5.41) is 11.0. The van der Waals surface area contributed by atoms with Crippen molar-refractivity contribution >= 4 is 29.9 Å². The van der Waals surface area contributed by atoms with Crippen molar-refractivity contribution in [1.82, 2.24) is 20.9 Å². The summed E-state index contributed by atoms with van der Waals surface area (Å²) in [4.78, 5) is 6.99. The van der Waals surface area contributed by atoms with Crippen molar-refractivity contribution in [2.75, 3.05) is 53.0 Å². The topological polar surface area (TPSA) is 60.9 Å². The standard InChI is InChI=1S/C23H39N5O.HI/c1-20(21-9-5-3-6-10-21)27-23(11-17-29-18-12-23)19-26-22(24-2)25-13-16-28-14-7-4-8-15-28;/h3,5-6,9-10,20,27H,4,7-8,11-19H2,1-2H3,(H2,24,25,26);1H. The molecule has 1 aromatic carbocycles. The van der Waals surface area contributed by atoms with Gasteiger partial charge in [0.05, 0.1) is 0 Å². The Labute approximate surface area is 199 Å². The summed E-state index contributed by atoms with van der Waals surface area (Å²) in [6.07, 6.45) is 6.06. The van der Waals surface area contributed by atoms with Crippen molar-refractivity contribution in [2.45, 2.75) is 50.6 Å². The number of hydrogen-bond acceptors (Lipinski definition) is 4. The summed E-state index contributed by atoms with van der Waals surface area (Å²) in [6.45, 7) is 9.19. The van der Waals surface area contributed by atoms with E-state index in [1.54, 1.807) is 0 Å². The van der Waals surface area contributed by atoms with Crippen molar-refractivity contribution in [3.8, 4) is 0 Å². The number of piperidine rings is 1. The van der Waals surface area contributed by atoms with E-state index >= 15 is 0 Å². The van der Waals surface area contributed by atoms with Gasteiger partial charge in [0.15, 0.2) is 5.96 Å². The number of hydrogen-bond donors (Lipinski definition) is 3. The zero-order valence-electron chi connectivity index (χ0n) is 18.7. The molecule has 1 unspecified atom stereocenters. The quantitative estimate of drug-likeness (QED) is 0.275. The average Bonchev–Trinajstić information content (AvgIpc) is 2.78. The summed E-state index contributed by atoms with van der Waals surface area (Å²) in [7, 11) is 1.85. The second kappa shape index (κ2) is 13.5. The van der Waals surface area contributed by atoms with Gasteiger partial charge in [-0.3, -0.25) is 4.99 Å². The molecule has 0 bridgehead atoms. The van der Waals surface area contributed by atoms with Gasteiger partial charge in [-0.05, 0) is 51.3 Å². The molecule has 1 aromatic rings. The van der Waals surface area contributed by atoms with E-state index in [2.05, 4.69) is 63.1 Å². The minimum absolute atomic E-state index is 0. The minimum atomic E-state index is 0. The van der Waals surface area contributed by atoms with Gasteiger partial charge >= 0.3 is 0 Å². The normalized spacial score (nSPS) is 20.8. The molecule has 2 fully saturated rings. The van der Waals surface area contributed by atoms with Gasteiger partial charge in [0.2, 0.25) is 0 Å². The van der Waals surface area contributed by atoms with Crippen LogP contribution in [-0.2, 0) is 4.74 Å². The Balaban J connectivity index is 0.00000320. The number of aliphatic imine (C=N–C) groups is 1. The largest absolute Gasteiger partial charge is 0.381 e. The van der Waals surface area contributed by atoms with Crippen LogP contribution in [-0.4, -0.2) is 69.4 Å². The molecule has 0 aliphatic carbocycles. The third kappa shape index (κ3) is 7.98. The number of halogens is 1. The molecule has 2 heterocycles. The first kappa shape index (κ1) is 25.4. The number of nitrogens with zero attached hydrogens (tertiary/aromatic N) is 2. The van der Waals surface area contributed by atoms with Crippen molar-refractivity contribution in [2.24, 2.45) is 4.99 Å². The molecule has 3 N–H and O–H groups in total. The van der Waals surface area contributed by atoms with Crippen molar-refractivity contribution < 1.29 is 4.74 Å². The fraction of sp³-hybridized carbons (Fsp3) is 0.696. The Morgan fingerprint density at radius 3 is 2.47 bits per heavy atom. The number of rotatable bonds is 8. The lowest BCUT2D eigenvalue weighted by atomic mass is 9.88. The van der Waals surface area contributed by atoms with Crippen molar-refractivity contribution in [1.29, 1.82) is 0 Å². The molecule has 0 saturated carbocycles. The predicted molar refractivity (Wildman–Crippen MR) is 136 cm³/mol. The first-order chi connectivity index (χ1) is 14.2. The van der Waals surface area contributed by atoms with E-state index in [1.165, 1.54) is 37.9 Å². The van der Waals surface area contributed by atoms with E-state index in [0.717, 1.165) is 51.6 Å². The van der Waals surface area contributed by atoms with E-state index in [1.807, 2.05) is 7.05 Å².